The van der Waals surface area contributed by atoms with E-state index in [4.69, 9.17) is 9.47 Å². The Morgan fingerprint density at radius 2 is 1.74 bits per heavy atom. The van der Waals surface area contributed by atoms with Crippen LogP contribution in [0.3, 0.4) is 0 Å². The molecular weight excluding hydrogens is 349 g/mol. The van der Waals surface area contributed by atoms with Crippen LogP contribution in [0.5, 0.6) is 5.75 Å². The van der Waals surface area contributed by atoms with Gasteiger partial charge in [0, 0.05) is 5.56 Å². The maximum absolute atomic E-state index is 12.9. The summed E-state index contributed by atoms with van der Waals surface area (Å²) >= 11 is 0. The molecule has 6 heteroatoms. The van der Waals surface area contributed by atoms with Crippen molar-refractivity contribution in [2.75, 3.05) is 13.2 Å². The summed E-state index contributed by atoms with van der Waals surface area (Å²) in [6.07, 6.45) is 1.49. The quantitative estimate of drug-likeness (QED) is 0.532. The van der Waals surface area contributed by atoms with E-state index in [1.165, 1.54) is 12.1 Å². The van der Waals surface area contributed by atoms with Gasteiger partial charge in [-0.1, -0.05) is 25.5 Å². The molecule has 0 aromatic heterocycles. The van der Waals surface area contributed by atoms with Crippen LogP contribution in [0.2, 0.25) is 0 Å². The first kappa shape index (κ1) is 20.4. The van der Waals surface area contributed by atoms with Crippen molar-refractivity contribution in [2.24, 2.45) is 0 Å². The number of hydrogen-bond donors (Lipinski definition) is 1. The van der Waals surface area contributed by atoms with Crippen molar-refractivity contribution in [2.45, 2.75) is 32.8 Å². The minimum Gasteiger partial charge on any atom is -0.494 e. The Bertz CT molecular complexity index is 744. The van der Waals surface area contributed by atoms with E-state index in [0.717, 1.165) is 12.8 Å². The predicted octanol–water partition coefficient (Wildman–Crippen LogP) is 4.04. The molecule has 0 saturated carbocycles. The number of benzene rings is 2. The molecule has 0 heterocycles. The second-order valence-electron chi connectivity index (χ2n) is 6.09. The van der Waals surface area contributed by atoms with Crippen molar-refractivity contribution >= 4 is 11.9 Å². The van der Waals surface area contributed by atoms with Gasteiger partial charge in [-0.3, -0.25) is 9.59 Å². The Morgan fingerprint density at radius 1 is 1.07 bits per heavy atom. The third-order valence-electron chi connectivity index (χ3n) is 3.92. The Labute approximate surface area is 158 Å². The fourth-order valence-electron chi connectivity index (χ4n) is 2.33. The Kier molecular flexibility index (Phi) is 7.79. The van der Waals surface area contributed by atoms with E-state index in [9.17, 15) is 14.0 Å². The van der Waals surface area contributed by atoms with Gasteiger partial charge in [0.05, 0.1) is 6.61 Å². The molecule has 0 radical (unpaired) electrons. The van der Waals surface area contributed by atoms with Crippen molar-refractivity contribution in [1.82, 2.24) is 5.32 Å². The van der Waals surface area contributed by atoms with Gasteiger partial charge in [0.25, 0.3) is 5.91 Å². The topological polar surface area (TPSA) is 64.6 Å². The maximum Gasteiger partial charge on any atom is 0.326 e. The van der Waals surface area contributed by atoms with Crippen molar-refractivity contribution in [3.63, 3.8) is 0 Å². The number of carbonyl (C=O) groups excluding carboxylic acids is 2. The number of amides is 1. The third kappa shape index (κ3) is 6.73. The molecule has 0 aliphatic rings. The van der Waals surface area contributed by atoms with Crippen molar-refractivity contribution in [1.29, 1.82) is 0 Å². The van der Waals surface area contributed by atoms with Gasteiger partial charge in [-0.2, -0.15) is 0 Å². The number of nitrogens with one attached hydrogen (secondary N) is 1. The van der Waals surface area contributed by atoms with Crippen LogP contribution in [-0.4, -0.2) is 25.0 Å². The molecule has 0 aliphatic carbocycles. The lowest BCUT2D eigenvalue weighted by Gasteiger charge is -2.14. The van der Waals surface area contributed by atoms with Crippen LogP contribution in [0.4, 0.5) is 4.39 Å². The Hall–Kier alpha value is -2.89. The molecule has 1 unspecified atom stereocenters. The third-order valence-corrected chi connectivity index (χ3v) is 3.92. The van der Waals surface area contributed by atoms with Crippen LogP contribution in [0.15, 0.2) is 48.5 Å². The summed E-state index contributed by atoms with van der Waals surface area (Å²) < 4.78 is 23.7. The van der Waals surface area contributed by atoms with Crippen LogP contribution in [0.1, 0.15) is 48.7 Å². The molecule has 2 aromatic rings. The highest BCUT2D eigenvalue weighted by Crippen LogP contribution is 2.17. The lowest BCUT2D eigenvalue weighted by molar-refractivity contribution is -0.147. The summed E-state index contributed by atoms with van der Waals surface area (Å²) in [7, 11) is 0. The molecule has 0 spiro atoms. The minimum atomic E-state index is -0.570. The number of unbranched alkanes of at least 4 members (excludes halogenated alkanes) is 1. The molecule has 1 atom stereocenters. The van der Waals surface area contributed by atoms with E-state index in [-0.39, 0.29) is 18.3 Å². The molecule has 144 valence electrons. The fraction of sp³-hybridized carbons (Fsp3) is 0.333. The normalized spacial score (nSPS) is 11.5. The number of hydrogen-bond acceptors (Lipinski definition) is 4. The van der Waals surface area contributed by atoms with E-state index in [2.05, 4.69) is 12.2 Å². The molecule has 2 rings (SSSR count). The molecule has 1 N–H and O–H groups in total. The first-order valence-electron chi connectivity index (χ1n) is 8.95. The van der Waals surface area contributed by atoms with Gasteiger partial charge in [-0.25, -0.2) is 4.39 Å². The summed E-state index contributed by atoms with van der Waals surface area (Å²) in [5, 5.41) is 2.52. The lowest BCUT2D eigenvalue weighted by atomic mass is 10.1. The van der Waals surface area contributed by atoms with Gasteiger partial charge in [-0.15, -0.1) is 0 Å². The summed E-state index contributed by atoms with van der Waals surface area (Å²) in [6, 6.07) is 12.4. The van der Waals surface area contributed by atoms with Gasteiger partial charge in [0.15, 0.2) is 0 Å². The molecule has 27 heavy (non-hydrogen) atoms. The van der Waals surface area contributed by atoms with E-state index in [1.807, 2.05) is 0 Å². The standard InChI is InChI=1S/C21H24FNO4/c1-3-4-13-26-19-11-7-17(8-12-19)21(25)23-14-20(24)27-15(2)16-5-9-18(22)10-6-16/h5-12,15H,3-4,13-14H2,1-2H3,(H,23,25). The zero-order chi connectivity index (χ0) is 19.6. The van der Waals surface area contributed by atoms with Crippen LogP contribution in [0, 0.1) is 5.82 Å². The van der Waals surface area contributed by atoms with Crippen LogP contribution >= 0.6 is 0 Å². The van der Waals surface area contributed by atoms with Crippen LogP contribution in [-0.2, 0) is 9.53 Å². The molecule has 0 fully saturated rings. The molecule has 0 aliphatic heterocycles. The minimum absolute atomic E-state index is 0.251. The van der Waals surface area contributed by atoms with Crippen LogP contribution in [0.25, 0.3) is 0 Å². The lowest BCUT2D eigenvalue weighted by Crippen LogP contribution is -2.31. The SMILES string of the molecule is CCCCOc1ccc(C(=O)NCC(=O)OC(C)c2ccc(F)cc2)cc1. The molecular formula is C21H24FNO4. The van der Waals surface area contributed by atoms with Gasteiger partial charge >= 0.3 is 5.97 Å². The summed E-state index contributed by atoms with van der Waals surface area (Å²) in [5.74, 6) is -0.597. The molecule has 0 saturated heterocycles. The fourth-order valence-corrected chi connectivity index (χ4v) is 2.33. The van der Waals surface area contributed by atoms with E-state index >= 15 is 0 Å². The highest BCUT2D eigenvalue weighted by Gasteiger charge is 2.13. The van der Waals surface area contributed by atoms with Gasteiger partial charge in [0.2, 0.25) is 0 Å². The Morgan fingerprint density at radius 3 is 2.37 bits per heavy atom. The number of rotatable bonds is 9. The monoisotopic (exact) mass is 373 g/mol. The molecule has 1 amide bonds. The highest BCUT2D eigenvalue weighted by molar-refractivity contribution is 5.96. The van der Waals surface area contributed by atoms with E-state index in [1.54, 1.807) is 43.3 Å². The van der Waals surface area contributed by atoms with Gasteiger partial charge in [-0.05, 0) is 55.3 Å². The van der Waals surface area contributed by atoms with E-state index in [0.29, 0.717) is 23.5 Å². The Balaban J connectivity index is 1.78. The van der Waals surface area contributed by atoms with Crippen LogP contribution < -0.4 is 10.1 Å². The van der Waals surface area contributed by atoms with E-state index < -0.39 is 12.1 Å². The first-order valence-corrected chi connectivity index (χ1v) is 8.95. The first-order chi connectivity index (χ1) is 13.0. The number of ether oxygens (including phenoxy) is 2. The summed E-state index contributed by atoms with van der Waals surface area (Å²) in [4.78, 5) is 24.0. The highest BCUT2D eigenvalue weighted by atomic mass is 19.1. The number of halogens is 1. The smallest absolute Gasteiger partial charge is 0.326 e. The number of esters is 1. The van der Waals surface area contributed by atoms with Gasteiger partial charge < -0.3 is 14.8 Å². The van der Waals surface area contributed by atoms with Crippen molar-refractivity contribution < 1.29 is 23.5 Å². The van der Waals surface area contributed by atoms with Crippen molar-refractivity contribution in [3.05, 3.63) is 65.5 Å². The average molecular weight is 373 g/mol. The zero-order valence-electron chi connectivity index (χ0n) is 15.5. The summed E-state index contributed by atoms with van der Waals surface area (Å²) in [5.41, 5.74) is 1.10. The molecule has 2 aromatic carbocycles. The summed E-state index contributed by atoms with van der Waals surface area (Å²) in [6.45, 7) is 4.16. The maximum atomic E-state index is 12.9. The second-order valence-corrected chi connectivity index (χ2v) is 6.09. The molecule has 0 bridgehead atoms. The van der Waals surface area contributed by atoms with Crippen molar-refractivity contribution in [3.8, 4) is 5.75 Å². The zero-order valence-corrected chi connectivity index (χ0v) is 15.5. The second kappa shape index (κ2) is 10.3. The van der Waals surface area contributed by atoms with Gasteiger partial charge in [0.1, 0.15) is 24.2 Å². The molecule has 5 nitrogen and oxygen atoms in total. The average Bonchev–Trinajstić information content (AvgIpc) is 2.67. The number of carbonyl (C=O) groups is 2. The largest absolute Gasteiger partial charge is 0.494 e. The predicted molar refractivity (Wildman–Crippen MR) is 100 cm³/mol.